The van der Waals surface area contributed by atoms with Gasteiger partial charge in [0.15, 0.2) is 6.61 Å². The van der Waals surface area contributed by atoms with Crippen molar-refractivity contribution in [1.29, 1.82) is 0 Å². The number of nitrogens with one attached hydrogen (secondary N) is 4. The second kappa shape index (κ2) is 20.1. The number of halogens is 3. The molecular weight excluding hydrogens is 609 g/mol. The van der Waals surface area contributed by atoms with Gasteiger partial charge >= 0.3 is 6.18 Å². The molecule has 4 rings (SSSR count). The third kappa shape index (κ3) is 13.9. The third-order valence-corrected chi connectivity index (χ3v) is 7.29. The molecular formula is C32H43F3N4O7. The minimum Gasteiger partial charge on any atom is -0.484 e. The van der Waals surface area contributed by atoms with Crippen molar-refractivity contribution in [1.82, 2.24) is 21.3 Å². The molecule has 11 nitrogen and oxygen atoms in total. The molecule has 0 saturated carbocycles. The average Bonchev–Trinajstić information content (AvgIpc) is 3.03. The highest BCUT2D eigenvalue weighted by Crippen LogP contribution is 2.30. The van der Waals surface area contributed by atoms with Gasteiger partial charge < -0.3 is 35.8 Å². The van der Waals surface area contributed by atoms with Crippen molar-refractivity contribution in [2.24, 2.45) is 5.41 Å². The number of methoxy groups -OCH3 is 1. The van der Waals surface area contributed by atoms with E-state index in [-0.39, 0.29) is 69.8 Å². The summed E-state index contributed by atoms with van der Waals surface area (Å²) in [4.78, 5) is 47.0. The van der Waals surface area contributed by atoms with Crippen molar-refractivity contribution in [3.05, 3.63) is 65.2 Å². The van der Waals surface area contributed by atoms with Crippen LogP contribution in [-0.4, -0.2) is 82.3 Å². The number of carboxylic acid groups (broad SMARTS) is 1. The summed E-state index contributed by atoms with van der Waals surface area (Å²) in [6.45, 7) is 1.87. The van der Waals surface area contributed by atoms with E-state index in [1.807, 2.05) is 0 Å². The topological polar surface area (TPSA) is 155 Å². The maximum atomic E-state index is 13.8. The van der Waals surface area contributed by atoms with Gasteiger partial charge in [-0.15, -0.1) is 0 Å². The van der Waals surface area contributed by atoms with Crippen LogP contribution in [0.4, 0.5) is 13.2 Å². The number of carbonyl (C=O) groups excluding carboxylic acids is 3. The van der Waals surface area contributed by atoms with Gasteiger partial charge in [-0.25, -0.2) is 0 Å². The predicted octanol–water partition coefficient (Wildman–Crippen LogP) is 2.72. The van der Waals surface area contributed by atoms with Crippen molar-refractivity contribution in [3.8, 4) is 5.75 Å². The van der Waals surface area contributed by atoms with Crippen LogP contribution >= 0.6 is 0 Å². The van der Waals surface area contributed by atoms with E-state index in [9.17, 15) is 27.6 Å². The fourth-order valence-electron chi connectivity index (χ4n) is 4.81. The molecule has 0 aromatic heterocycles. The summed E-state index contributed by atoms with van der Waals surface area (Å²) >= 11 is 0. The lowest BCUT2D eigenvalue weighted by Gasteiger charge is -2.33. The van der Waals surface area contributed by atoms with Crippen LogP contribution in [0.2, 0.25) is 0 Å². The summed E-state index contributed by atoms with van der Waals surface area (Å²) in [5, 5.41) is 18.8. The fourth-order valence-corrected chi connectivity index (χ4v) is 4.81. The first-order valence-corrected chi connectivity index (χ1v) is 15.0. The Balaban J connectivity index is 0.00000236. The first kappa shape index (κ1) is 38.0. The lowest BCUT2D eigenvalue weighted by atomic mass is 9.77. The van der Waals surface area contributed by atoms with E-state index in [4.69, 9.17) is 19.4 Å². The van der Waals surface area contributed by atoms with E-state index in [0.717, 1.165) is 24.1 Å². The smallest absolute Gasteiger partial charge is 0.416 e. The monoisotopic (exact) mass is 652 g/mol. The zero-order chi connectivity index (χ0) is 33.8. The van der Waals surface area contributed by atoms with Crippen molar-refractivity contribution >= 4 is 24.2 Å². The molecule has 2 heterocycles. The summed E-state index contributed by atoms with van der Waals surface area (Å²) in [5.74, 6) is -0.254. The summed E-state index contributed by atoms with van der Waals surface area (Å²) in [7, 11) is 1.53. The van der Waals surface area contributed by atoms with E-state index in [0.29, 0.717) is 43.8 Å². The number of benzene rings is 2. The van der Waals surface area contributed by atoms with Gasteiger partial charge in [0.2, 0.25) is 11.8 Å². The molecule has 14 heteroatoms. The van der Waals surface area contributed by atoms with Crippen LogP contribution < -0.4 is 26.0 Å². The minimum atomic E-state index is -4.45. The Morgan fingerprint density at radius 1 is 1.07 bits per heavy atom. The van der Waals surface area contributed by atoms with E-state index >= 15 is 0 Å². The summed E-state index contributed by atoms with van der Waals surface area (Å²) in [6.07, 6.45) is -2.10. The molecule has 0 saturated heterocycles. The number of amides is 3. The van der Waals surface area contributed by atoms with Gasteiger partial charge in [-0.3, -0.25) is 19.2 Å². The SMILES string of the molecule is COCCC1(C(=O)NCCc2cccc(C(F)(F)F)c2)CNC(=O)CCCNCCCNC(=O)COc2ccc(cc2)C1.O=CO. The zero-order valence-electron chi connectivity index (χ0n) is 25.9. The lowest BCUT2D eigenvalue weighted by Crippen LogP contribution is -2.51. The minimum absolute atomic E-state index is 0.0520. The number of carbonyl (C=O) groups is 4. The summed E-state index contributed by atoms with van der Waals surface area (Å²) in [6, 6.07) is 12.1. The van der Waals surface area contributed by atoms with Gasteiger partial charge in [0, 0.05) is 39.8 Å². The first-order chi connectivity index (χ1) is 22.0. The van der Waals surface area contributed by atoms with Gasteiger partial charge in [-0.1, -0.05) is 30.3 Å². The molecule has 254 valence electrons. The fraction of sp³-hybridized carbons (Fsp3) is 0.500. The molecule has 5 N–H and O–H groups in total. The van der Waals surface area contributed by atoms with E-state index < -0.39 is 17.2 Å². The van der Waals surface area contributed by atoms with Gasteiger partial charge in [0.05, 0.1) is 11.0 Å². The highest BCUT2D eigenvalue weighted by atomic mass is 19.4. The van der Waals surface area contributed by atoms with Crippen LogP contribution in [0, 0.1) is 5.41 Å². The molecule has 0 aliphatic carbocycles. The Morgan fingerprint density at radius 3 is 2.48 bits per heavy atom. The van der Waals surface area contributed by atoms with Gasteiger partial charge in [0.25, 0.3) is 12.4 Å². The quantitative estimate of drug-likeness (QED) is 0.286. The Labute approximate surface area is 266 Å². The van der Waals surface area contributed by atoms with Gasteiger partial charge in [0.1, 0.15) is 5.75 Å². The number of ether oxygens (including phenoxy) is 2. The third-order valence-electron chi connectivity index (χ3n) is 7.29. The number of hydrogen-bond acceptors (Lipinski definition) is 7. The molecule has 2 aliphatic rings. The maximum absolute atomic E-state index is 13.8. The van der Waals surface area contributed by atoms with Gasteiger partial charge in [-0.2, -0.15) is 13.2 Å². The normalized spacial score (nSPS) is 18.5. The first-order valence-electron chi connectivity index (χ1n) is 15.0. The van der Waals surface area contributed by atoms with E-state index in [1.54, 1.807) is 30.3 Å². The maximum Gasteiger partial charge on any atom is 0.416 e. The number of hydrogen-bond donors (Lipinski definition) is 5. The molecule has 2 bridgehead atoms. The van der Waals surface area contributed by atoms with Crippen LogP contribution in [0.3, 0.4) is 0 Å². The molecule has 2 aliphatic heterocycles. The van der Waals surface area contributed by atoms with Crippen LogP contribution in [0.5, 0.6) is 5.75 Å². The summed E-state index contributed by atoms with van der Waals surface area (Å²) < 4.78 is 50.4. The van der Waals surface area contributed by atoms with Crippen LogP contribution in [0.15, 0.2) is 48.5 Å². The molecule has 0 radical (unpaired) electrons. The molecule has 2 aromatic carbocycles. The van der Waals surface area contributed by atoms with Crippen LogP contribution in [0.1, 0.15) is 42.4 Å². The molecule has 0 spiro atoms. The highest BCUT2D eigenvalue weighted by molar-refractivity contribution is 5.84. The molecule has 1 unspecified atom stereocenters. The Bertz CT molecular complexity index is 1240. The summed E-state index contributed by atoms with van der Waals surface area (Å²) in [5.41, 5.74) is -0.591. The molecule has 3 amide bonds. The van der Waals surface area contributed by atoms with Crippen molar-refractivity contribution in [2.45, 2.75) is 44.7 Å². The predicted molar refractivity (Wildman–Crippen MR) is 164 cm³/mol. The zero-order valence-corrected chi connectivity index (χ0v) is 25.9. The molecule has 2 aromatic rings. The van der Waals surface area contributed by atoms with E-state index in [2.05, 4.69) is 21.3 Å². The number of rotatable bonds is 7. The molecule has 1 atom stereocenters. The standard InChI is InChI=1S/C31H41F3N4O5.CH2O2/c1-42-18-13-30(29(41)37-17-12-23-5-2-6-25(19-23)31(32,33)34)20-24-8-10-26(11-9-24)43-21-28(40)36-16-4-15-35-14-3-7-27(39)38-22-30;2-1-3/h2,5-6,8-11,19,35H,3-4,7,12-18,20-22H2,1H3,(H,36,40)(H,37,41)(H,38,39);1H,(H,2,3). The van der Waals surface area contributed by atoms with Gasteiger partial charge in [-0.05, 0) is 74.5 Å². The highest BCUT2D eigenvalue weighted by Gasteiger charge is 2.39. The Kier molecular flexibility index (Phi) is 16.6. The van der Waals surface area contributed by atoms with Crippen LogP contribution in [0.25, 0.3) is 0 Å². The number of fused-ring (bicyclic) bond motifs is 17. The van der Waals surface area contributed by atoms with E-state index in [1.165, 1.54) is 13.2 Å². The Hall–Kier alpha value is -4.17. The van der Waals surface area contributed by atoms with Crippen LogP contribution in [-0.2, 0) is 42.9 Å². The van der Waals surface area contributed by atoms with Crippen molar-refractivity contribution in [2.75, 3.05) is 53.0 Å². The largest absolute Gasteiger partial charge is 0.484 e. The second-order valence-corrected chi connectivity index (χ2v) is 10.8. The average molecular weight is 653 g/mol. The number of alkyl halides is 3. The lowest BCUT2D eigenvalue weighted by molar-refractivity contribution is -0.138. The second-order valence-electron chi connectivity index (χ2n) is 10.8. The Morgan fingerprint density at radius 2 is 1.78 bits per heavy atom. The van der Waals surface area contributed by atoms with Crippen molar-refractivity contribution < 1.29 is 46.9 Å². The molecule has 46 heavy (non-hydrogen) atoms. The molecule has 0 fully saturated rings. The van der Waals surface area contributed by atoms with Crippen molar-refractivity contribution in [3.63, 3.8) is 0 Å².